The zero-order valence-electron chi connectivity index (χ0n) is 3.72. The molecule has 0 saturated heterocycles. The van der Waals surface area contributed by atoms with Crippen molar-refractivity contribution >= 4 is 17.4 Å². The van der Waals surface area contributed by atoms with Crippen molar-refractivity contribution in [2.45, 2.75) is 0 Å². The van der Waals surface area contributed by atoms with Crippen molar-refractivity contribution in [3.8, 4) is 0 Å². The first-order valence-corrected chi connectivity index (χ1v) is 2.26. The van der Waals surface area contributed by atoms with Crippen LogP contribution in [-0.4, -0.2) is 28.5 Å². The molecule has 0 aliphatic rings. The second kappa shape index (κ2) is 3.83. The van der Waals surface area contributed by atoms with E-state index < -0.39 is 0 Å². The van der Waals surface area contributed by atoms with Crippen LogP contribution in [0.25, 0.3) is 0 Å². The highest BCUT2D eigenvalue weighted by molar-refractivity contribution is 7.79. The van der Waals surface area contributed by atoms with Gasteiger partial charge in [-0.25, -0.2) is 0 Å². The highest BCUT2D eigenvalue weighted by atomic mass is 32.1. The number of hydrogen-bond donors (Lipinski definition) is 3. The number of nitrogens with one attached hydrogen (secondary N) is 1. The first-order chi connectivity index (χ1) is 3.27. The van der Waals surface area contributed by atoms with Crippen molar-refractivity contribution in [3.05, 3.63) is 0 Å². The summed E-state index contributed by atoms with van der Waals surface area (Å²) in [5, 5.41) is 18.3. The van der Waals surface area contributed by atoms with Crippen LogP contribution in [0.2, 0.25) is 0 Å². The van der Waals surface area contributed by atoms with E-state index >= 15 is 0 Å². The smallest absolute Gasteiger partial charge is 0.254 e. The van der Waals surface area contributed by atoms with E-state index in [0.717, 1.165) is 0 Å². The minimum absolute atomic E-state index is 0.0132. The Balaban J connectivity index is 2.82. The van der Waals surface area contributed by atoms with Crippen molar-refractivity contribution in [2.24, 2.45) is 0 Å². The Bertz CT molecular complexity index is 66.0. The number of thiocarbonyl (C=S) groups is 1. The summed E-state index contributed by atoms with van der Waals surface area (Å²) in [7, 11) is 0. The maximum absolute atomic E-state index is 8.19. The average molecular weight is 121 g/mol. The second-order valence-electron chi connectivity index (χ2n) is 0.956. The van der Waals surface area contributed by atoms with Gasteiger partial charge in [-0.2, -0.15) is 0 Å². The van der Waals surface area contributed by atoms with Gasteiger partial charge in [0.25, 0.3) is 5.17 Å². The van der Waals surface area contributed by atoms with E-state index in [1.807, 2.05) is 0 Å². The third kappa shape index (κ3) is 5.65. The molecule has 7 heavy (non-hydrogen) atoms. The van der Waals surface area contributed by atoms with Gasteiger partial charge in [0.1, 0.15) is 0 Å². The van der Waals surface area contributed by atoms with Crippen LogP contribution in [0.4, 0.5) is 0 Å². The summed E-state index contributed by atoms with van der Waals surface area (Å²) in [5.74, 6) is 0. The van der Waals surface area contributed by atoms with Crippen LogP contribution in [0.15, 0.2) is 0 Å². The van der Waals surface area contributed by atoms with Gasteiger partial charge < -0.3 is 15.5 Å². The SMILES string of the molecule is OCCNC(O)=S. The van der Waals surface area contributed by atoms with E-state index in [1.165, 1.54) is 0 Å². The predicted octanol–water partition coefficient (Wildman–Crippen LogP) is -0.589. The van der Waals surface area contributed by atoms with Gasteiger partial charge in [-0.15, -0.1) is 0 Å². The highest BCUT2D eigenvalue weighted by Gasteiger charge is 1.82. The lowest BCUT2D eigenvalue weighted by atomic mass is 10.7. The Kier molecular flexibility index (Phi) is 3.64. The predicted molar refractivity (Wildman–Crippen MR) is 30.3 cm³/mol. The van der Waals surface area contributed by atoms with Gasteiger partial charge in [0.05, 0.1) is 6.61 Å². The number of aliphatic hydroxyl groups excluding tert-OH is 2. The molecule has 0 fully saturated rings. The molecule has 0 amide bonds. The Morgan fingerprint density at radius 3 is 2.43 bits per heavy atom. The summed E-state index contributed by atoms with van der Waals surface area (Å²) in [6.07, 6.45) is 0. The molecule has 3 N–H and O–H groups in total. The summed E-state index contributed by atoms with van der Waals surface area (Å²) < 4.78 is 0. The van der Waals surface area contributed by atoms with E-state index in [1.54, 1.807) is 0 Å². The molecule has 0 bridgehead atoms. The summed E-state index contributed by atoms with van der Waals surface area (Å²) >= 11 is 4.19. The molecular weight excluding hydrogens is 114 g/mol. The molecule has 0 saturated carbocycles. The lowest BCUT2D eigenvalue weighted by Crippen LogP contribution is -2.23. The molecular formula is C3H7NO2S. The minimum atomic E-state index is -0.269. The lowest BCUT2D eigenvalue weighted by molar-refractivity contribution is 0.297. The van der Waals surface area contributed by atoms with Crippen LogP contribution in [-0.2, 0) is 0 Å². The van der Waals surface area contributed by atoms with Crippen molar-refractivity contribution in [2.75, 3.05) is 13.2 Å². The van der Waals surface area contributed by atoms with Gasteiger partial charge in [0.15, 0.2) is 0 Å². The Hall–Kier alpha value is -0.350. The molecule has 42 valence electrons. The van der Waals surface area contributed by atoms with Crippen LogP contribution >= 0.6 is 12.2 Å². The normalized spacial score (nSPS) is 8.14. The van der Waals surface area contributed by atoms with E-state index in [9.17, 15) is 0 Å². The van der Waals surface area contributed by atoms with Crippen molar-refractivity contribution in [3.63, 3.8) is 0 Å². The van der Waals surface area contributed by atoms with Gasteiger partial charge >= 0.3 is 0 Å². The first-order valence-electron chi connectivity index (χ1n) is 1.85. The lowest BCUT2D eigenvalue weighted by Gasteiger charge is -1.94. The third-order valence-electron chi connectivity index (χ3n) is 0.388. The van der Waals surface area contributed by atoms with E-state index in [0.29, 0.717) is 6.54 Å². The van der Waals surface area contributed by atoms with Gasteiger partial charge in [-0.05, 0) is 12.2 Å². The molecule has 0 aromatic heterocycles. The maximum Gasteiger partial charge on any atom is 0.254 e. The van der Waals surface area contributed by atoms with Gasteiger partial charge in [-0.3, -0.25) is 0 Å². The molecule has 0 aliphatic carbocycles. The molecule has 0 aliphatic heterocycles. The monoisotopic (exact) mass is 121 g/mol. The number of hydrogen-bond acceptors (Lipinski definition) is 2. The van der Waals surface area contributed by atoms with Gasteiger partial charge in [-0.1, -0.05) is 0 Å². The standard InChI is InChI=1S/C3H7NO2S/c5-2-1-4-3(6)7/h5H,1-2H2,(H2,4,6,7). The largest absolute Gasteiger partial charge is 0.487 e. The summed E-state index contributed by atoms with van der Waals surface area (Å²) in [4.78, 5) is 0. The number of aliphatic hydroxyl groups is 2. The molecule has 0 unspecified atom stereocenters. The van der Waals surface area contributed by atoms with Crippen LogP contribution < -0.4 is 5.32 Å². The Morgan fingerprint density at radius 1 is 1.71 bits per heavy atom. The van der Waals surface area contributed by atoms with Gasteiger partial charge in [0, 0.05) is 6.54 Å². The first kappa shape index (κ1) is 6.65. The summed E-state index contributed by atoms with van der Waals surface area (Å²) in [6.45, 7) is 0.302. The molecule has 4 heteroatoms. The minimum Gasteiger partial charge on any atom is -0.487 e. The molecule has 0 heterocycles. The Labute approximate surface area is 47.0 Å². The fourth-order valence-corrected chi connectivity index (χ4v) is 0.265. The fraction of sp³-hybridized carbons (Fsp3) is 0.667. The summed E-state index contributed by atoms with van der Waals surface area (Å²) in [5.41, 5.74) is 0. The quantitative estimate of drug-likeness (QED) is 0.427. The number of rotatable bonds is 2. The zero-order valence-corrected chi connectivity index (χ0v) is 4.53. The third-order valence-corrected chi connectivity index (χ3v) is 0.532. The van der Waals surface area contributed by atoms with Crippen LogP contribution in [0.1, 0.15) is 0 Å². The van der Waals surface area contributed by atoms with E-state index in [2.05, 4.69) is 17.5 Å². The van der Waals surface area contributed by atoms with Crippen LogP contribution in [0.3, 0.4) is 0 Å². The maximum atomic E-state index is 8.19. The molecule has 3 nitrogen and oxygen atoms in total. The highest BCUT2D eigenvalue weighted by Crippen LogP contribution is 1.58. The fourth-order valence-electron chi connectivity index (χ4n) is 0.163. The summed E-state index contributed by atoms with van der Waals surface area (Å²) in [6, 6.07) is 0. The zero-order chi connectivity index (χ0) is 5.70. The molecule has 0 aromatic carbocycles. The van der Waals surface area contributed by atoms with E-state index in [-0.39, 0.29) is 11.8 Å². The van der Waals surface area contributed by atoms with Gasteiger partial charge in [0.2, 0.25) is 0 Å². The molecule has 0 aromatic rings. The molecule has 0 atom stereocenters. The molecule has 0 spiro atoms. The topological polar surface area (TPSA) is 52.5 Å². The molecule has 0 rings (SSSR count). The van der Waals surface area contributed by atoms with Crippen molar-refractivity contribution in [1.82, 2.24) is 5.32 Å². The second-order valence-corrected chi connectivity index (χ2v) is 1.34. The molecule has 0 radical (unpaired) electrons. The van der Waals surface area contributed by atoms with E-state index in [4.69, 9.17) is 10.2 Å². The van der Waals surface area contributed by atoms with Crippen LogP contribution in [0.5, 0.6) is 0 Å². The van der Waals surface area contributed by atoms with Crippen LogP contribution in [0, 0.1) is 0 Å². The van der Waals surface area contributed by atoms with Crippen molar-refractivity contribution < 1.29 is 10.2 Å². The average Bonchev–Trinajstić information content (AvgIpc) is 1.61. The van der Waals surface area contributed by atoms with Crippen molar-refractivity contribution in [1.29, 1.82) is 0 Å². The Morgan fingerprint density at radius 2 is 2.29 bits per heavy atom.